The number of rotatable bonds is 5. The van der Waals surface area contributed by atoms with Gasteiger partial charge in [0.2, 0.25) is 5.91 Å². The molecule has 6 nitrogen and oxygen atoms in total. The number of aromatic nitrogens is 2. The fraction of sp³-hybridized carbons (Fsp3) is 0.435. The highest BCUT2D eigenvalue weighted by Gasteiger charge is 2.25. The number of amides is 1. The van der Waals surface area contributed by atoms with E-state index in [1.807, 2.05) is 42.3 Å². The summed E-state index contributed by atoms with van der Waals surface area (Å²) < 4.78 is 7.21. The average Bonchev–Trinajstić information content (AvgIpc) is 3.21. The van der Waals surface area contributed by atoms with Gasteiger partial charge in [0.1, 0.15) is 17.0 Å². The van der Waals surface area contributed by atoms with E-state index in [0.29, 0.717) is 10.2 Å². The predicted octanol–water partition coefficient (Wildman–Crippen LogP) is 4.17. The van der Waals surface area contributed by atoms with Gasteiger partial charge in [0.25, 0.3) is 5.56 Å². The van der Waals surface area contributed by atoms with Gasteiger partial charge in [0.05, 0.1) is 19.0 Å². The Morgan fingerprint density at radius 1 is 1.23 bits per heavy atom. The lowest BCUT2D eigenvalue weighted by Gasteiger charge is -2.33. The van der Waals surface area contributed by atoms with E-state index in [9.17, 15) is 9.59 Å². The SMILES string of the molecule is COc1ccc(-c2cc3ncn(CC(=O)N(C)C4CCC(C)CC4)c(=O)c3s2)cc1. The van der Waals surface area contributed by atoms with Crippen molar-refractivity contribution < 1.29 is 9.53 Å². The molecule has 7 heteroatoms. The number of likely N-dealkylation sites (N-methyl/N-ethyl adjacent to an activating group) is 1. The third-order valence-electron chi connectivity index (χ3n) is 6.11. The number of thiophene rings is 1. The Morgan fingerprint density at radius 3 is 2.60 bits per heavy atom. The second kappa shape index (κ2) is 8.60. The van der Waals surface area contributed by atoms with Crippen LogP contribution in [-0.2, 0) is 11.3 Å². The maximum Gasteiger partial charge on any atom is 0.271 e. The minimum absolute atomic E-state index is 0.0279. The minimum atomic E-state index is -0.163. The van der Waals surface area contributed by atoms with Crippen molar-refractivity contribution in [3.05, 3.63) is 47.0 Å². The summed E-state index contributed by atoms with van der Waals surface area (Å²) in [5, 5.41) is 0. The van der Waals surface area contributed by atoms with Crippen LogP contribution in [-0.4, -0.2) is 40.6 Å². The number of carbonyl (C=O) groups excluding carboxylic acids is 1. The van der Waals surface area contributed by atoms with Crippen LogP contribution in [0.1, 0.15) is 32.6 Å². The molecule has 2 heterocycles. The molecule has 0 N–H and O–H groups in total. The maximum atomic E-state index is 13.0. The molecule has 0 spiro atoms. The van der Waals surface area contributed by atoms with Gasteiger partial charge in [0, 0.05) is 18.0 Å². The monoisotopic (exact) mass is 425 g/mol. The predicted molar refractivity (Wildman–Crippen MR) is 120 cm³/mol. The number of methoxy groups -OCH3 is 1. The van der Waals surface area contributed by atoms with Gasteiger partial charge >= 0.3 is 0 Å². The maximum absolute atomic E-state index is 13.0. The molecule has 1 aliphatic rings. The number of nitrogens with zero attached hydrogens (tertiary/aromatic N) is 3. The highest BCUT2D eigenvalue weighted by Crippen LogP contribution is 2.32. The molecule has 1 aromatic carbocycles. The molecular formula is C23H27N3O3S. The summed E-state index contributed by atoms with van der Waals surface area (Å²) in [6, 6.07) is 9.91. The van der Waals surface area contributed by atoms with E-state index in [4.69, 9.17) is 4.74 Å². The van der Waals surface area contributed by atoms with Crippen molar-refractivity contribution in [1.82, 2.24) is 14.5 Å². The first-order valence-corrected chi connectivity index (χ1v) is 11.2. The van der Waals surface area contributed by atoms with E-state index in [1.165, 1.54) is 22.2 Å². The Labute approximate surface area is 180 Å². The summed E-state index contributed by atoms with van der Waals surface area (Å²) in [5.74, 6) is 1.48. The van der Waals surface area contributed by atoms with Crippen LogP contribution in [0.2, 0.25) is 0 Å². The van der Waals surface area contributed by atoms with Crippen molar-refractivity contribution in [3.63, 3.8) is 0 Å². The number of hydrogen-bond acceptors (Lipinski definition) is 5. The van der Waals surface area contributed by atoms with Gasteiger partial charge in [-0.1, -0.05) is 6.92 Å². The van der Waals surface area contributed by atoms with E-state index in [1.54, 1.807) is 7.11 Å². The summed E-state index contributed by atoms with van der Waals surface area (Å²) in [4.78, 5) is 33.0. The van der Waals surface area contributed by atoms with Gasteiger partial charge in [-0.15, -0.1) is 11.3 Å². The first kappa shape index (κ1) is 20.6. The van der Waals surface area contributed by atoms with Crippen molar-refractivity contribution in [2.24, 2.45) is 5.92 Å². The molecule has 0 bridgehead atoms. The number of fused-ring (bicyclic) bond motifs is 1. The molecule has 3 aromatic rings. The first-order valence-electron chi connectivity index (χ1n) is 10.4. The van der Waals surface area contributed by atoms with E-state index < -0.39 is 0 Å². The Balaban J connectivity index is 1.54. The third-order valence-corrected chi connectivity index (χ3v) is 7.27. The molecular weight excluding hydrogens is 398 g/mol. The highest BCUT2D eigenvalue weighted by molar-refractivity contribution is 7.22. The smallest absolute Gasteiger partial charge is 0.271 e. The molecule has 4 rings (SSSR count). The average molecular weight is 426 g/mol. The lowest BCUT2D eigenvalue weighted by molar-refractivity contribution is -0.133. The number of benzene rings is 1. The molecule has 1 amide bonds. The van der Waals surface area contributed by atoms with Crippen LogP contribution in [0.25, 0.3) is 20.7 Å². The van der Waals surface area contributed by atoms with Crippen LogP contribution < -0.4 is 10.3 Å². The number of carbonyl (C=O) groups is 1. The van der Waals surface area contributed by atoms with Crippen LogP contribution in [0.3, 0.4) is 0 Å². The lowest BCUT2D eigenvalue weighted by atomic mass is 9.87. The van der Waals surface area contributed by atoms with E-state index in [-0.39, 0.29) is 24.1 Å². The van der Waals surface area contributed by atoms with Crippen LogP contribution in [0.15, 0.2) is 41.5 Å². The van der Waals surface area contributed by atoms with E-state index in [0.717, 1.165) is 47.8 Å². The van der Waals surface area contributed by atoms with Crippen LogP contribution in [0, 0.1) is 5.92 Å². The zero-order valence-electron chi connectivity index (χ0n) is 17.6. The van der Waals surface area contributed by atoms with Crippen molar-refractivity contribution in [3.8, 4) is 16.2 Å². The topological polar surface area (TPSA) is 64.4 Å². The molecule has 0 atom stereocenters. The van der Waals surface area contributed by atoms with Crippen LogP contribution in [0.4, 0.5) is 0 Å². The largest absolute Gasteiger partial charge is 0.497 e. The molecule has 1 aliphatic carbocycles. The minimum Gasteiger partial charge on any atom is -0.497 e. The Morgan fingerprint density at radius 2 is 1.93 bits per heavy atom. The Kier molecular flexibility index (Phi) is 5.90. The summed E-state index contributed by atoms with van der Waals surface area (Å²) in [6.45, 7) is 2.29. The molecule has 30 heavy (non-hydrogen) atoms. The standard InChI is InChI=1S/C23H27N3O3S/c1-15-4-8-17(9-5-15)25(2)21(27)13-26-14-24-19-12-20(30-22(19)23(26)28)16-6-10-18(29-3)11-7-16/h6-7,10-12,14-15,17H,4-5,8-9,13H2,1-3H3. The normalized spacial score (nSPS) is 19.0. The summed E-state index contributed by atoms with van der Waals surface area (Å²) in [5.41, 5.74) is 1.50. The van der Waals surface area contributed by atoms with E-state index >= 15 is 0 Å². The van der Waals surface area contributed by atoms with Gasteiger partial charge in [-0.25, -0.2) is 4.98 Å². The van der Waals surface area contributed by atoms with Crippen molar-refractivity contribution in [2.45, 2.75) is 45.2 Å². The zero-order valence-corrected chi connectivity index (χ0v) is 18.4. The van der Waals surface area contributed by atoms with Crippen LogP contribution >= 0.6 is 11.3 Å². The first-order chi connectivity index (χ1) is 14.5. The van der Waals surface area contributed by atoms with Crippen LogP contribution in [0.5, 0.6) is 5.75 Å². The van der Waals surface area contributed by atoms with Gasteiger partial charge in [-0.3, -0.25) is 14.2 Å². The molecule has 2 aromatic heterocycles. The number of hydrogen-bond donors (Lipinski definition) is 0. The summed E-state index contributed by atoms with van der Waals surface area (Å²) in [7, 11) is 3.49. The summed E-state index contributed by atoms with van der Waals surface area (Å²) in [6.07, 6.45) is 5.86. The fourth-order valence-electron chi connectivity index (χ4n) is 4.05. The second-order valence-corrected chi connectivity index (χ2v) is 9.20. The molecule has 1 fully saturated rings. The second-order valence-electron chi connectivity index (χ2n) is 8.15. The molecule has 0 radical (unpaired) electrons. The molecule has 1 saturated carbocycles. The lowest BCUT2D eigenvalue weighted by Crippen LogP contribution is -2.42. The van der Waals surface area contributed by atoms with Gasteiger partial charge < -0.3 is 9.64 Å². The van der Waals surface area contributed by atoms with Gasteiger partial charge in [-0.05, 0) is 67.5 Å². The van der Waals surface area contributed by atoms with Crippen molar-refractivity contribution in [1.29, 1.82) is 0 Å². The zero-order chi connectivity index (χ0) is 21.3. The Bertz CT molecular complexity index is 1100. The summed E-state index contributed by atoms with van der Waals surface area (Å²) >= 11 is 1.41. The fourth-order valence-corrected chi connectivity index (χ4v) is 5.11. The molecule has 158 valence electrons. The molecule has 0 unspecified atom stereocenters. The van der Waals surface area contributed by atoms with Crippen molar-refractivity contribution in [2.75, 3.05) is 14.2 Å². The van der Waals surface area contributed by atoms with Gasteiger partial charge in [-0.2, -0.15) is 0 Å². The van der Waals surface area contributed by atoms with Crippen molar-refractivity contribution >= 4 is 27.5 Å². The number of ether oxygens (including phenoxy) is 1. The Hall–Kier alpha value is -2.67. The van der Waals surface area contributed by atoms with Gasteiger partial charge in [0.15, 0.2) is 0 Å². The quantitative estimate of drug-likeness (QED) is 0.615. The highest BCUT2D eigenvalue weighted by atomic mass is 32.1. The molecule has 0 aliphatic heterocycles. The van der Waals surface area contributed by atoms with E-state index in [2.05, 4.69) is 11.9 Å². The third kappa shape index (κ3) is 4.12. The molecule has 0 saturated heterocycles.